The maximum absolute atomic E-state index is 6.04. The zero-order chi connectivity index (χ0) is 13.8. The van der Waals surface area contributed by atoms with Crippen molar-refractivity contribution < 1.29 is 9.47 Å². The summed E-state index contributed by atoms with van der Waals surface area (Å²) in [6.45, 7) is 9.04. The fourth-order valence-corrected chi connectivity index (χ4v) is 2.50. The molecule has 0 spiro atoms. The summed E-state index contributed by atoms with van der Waals surface area (Å²) in [5.41, 5.74) is 0.969. The Kier molecular flexibility index (Phi) is 4.58. The Morgan fingerprint density at radius 2 is 2.00 bits per heavy atom. The Morgan fingerprint density at radius 3 is 2.63 bits per heavy atom. The van der Waals surface area contributed by atoms with Crippen LogP contribution in [0.15, 0.2) is 6.33 Å². The van der Waals surface area contributed by atoms with Crippen molar-refractivity contribution in [3.63, 3.8) is 0 Å². The number of anilines is 1. The molecule has 2 unspecified atom stereocenters. The molecule has 1 aromatic rings. The van der Waals surface area contributed by atoms with E-state index >= 15 is 0 Å². The molecule has 1 aliphatic heterocycles. The molecule has 2 heterocycles. The summed E-state index contributed by atoms with van der Waals surface area (Å²) in [6, 6.07) is 0. The minimum Gasteiger partial charge on any atom is -0.474 e. The van der Waals surface area contributed by atoms with Gasteiger partial charge in [0.25, 0.3) is 0 Å². The molecule has 2 atom stereocenters. The normalized spacial score (nSPS) is 27.1. The van der Waals surface area contributed by atoms with Gasteiger partial charge in [-0.25, -0.2) is 9.97 Å². The minimum atomic E-state index is 0.168. The van der Waals surface area contributed by atoms with Crippen molar-refractivity contribution in [2.24, 2.45) is 0 Å². The Labute approximate surface area is 114 Å². The fraction of sp³-hybridized carbons (Fsp3) is 0.714. The largest absolute Gasteiger partial charge is 0.474 e. The van der Waals surface area contributed by atoms with Gasteiger partial charge in [0.05, 0.1) is 17.8 Å². The standard InChI is InChI=1S/C14H23N3O2/c1-5-15-13-11(4)14(17-8-16-13)19-12-6-9(2)18-10(3)7-12/h8-10,12H,5-7H2,1-4H3,(H,15,16,17). The summed E-state index contributed by atoms with van der Waals surface area (Å²) in [4.78, 5) is 8.48. The van der Waals surface area contributed by atoms with Gasteiger partial charge in [0.15, 0.2) is 0 Å². The van der Waals surface area contributed by atoms with Gasteiger partial charge < -0.3 is 14.8 Å². The number of aromatic nitrogens is 2. The third kappa shape index (κ3) is 3.56. The molecule has 5 heteroatoms. The lowest BCUT2D eigenvalue weighted by atomic mass is 10.0. The molecule has 5 nitrogen and oxygen atoms in total. The molecule has 1 fully saturated rings. The van der Waals surface area contributed by atoms with E-state index in [1.807, 2.05) is 13.8 Å². The van der Waals surface area contributed by atoms with Crippen molar-refractivity contribution in [1.82, 2.24) is 9.97 Å². The van der Waals surface area contributed by atoms with Gasteiger partial charge in [-0.05, 0) is 27.7 Å². The summed E-state index contributed by atoms with van der Waals surface area (Å²) in [5.74, 6) is 1.53. The molecule has 19 heavy (non-hydrogen) atoms. The Morgan fingerprint density at radius 1 is 1.32 bits per heavy atom. The topological polar surface area (TPSA) is 56.3 Å². The average molecular weight is 265 g/mol. The highest BCUT2D eigenvalue weighted by Crippen LogP contribution is 2.26. The molecule has 106 valence electrons. The van der Waals surface area contributed by atoms with Gasteiger partial charge in [-0.3, -0.25) is 0 Å². The van der Waals surface area contributed by atoms with Crippen LogP contribution in [-0.4, -0.2) is 34.8 Å². The monoisotopic (exact) mass is 265 g/mol. The third-order valence-electron chi connectivity index (χ3n) is 3.31. The first-order valence-corrected chi connectivity index (χ1v) is 6.97. The number of ether oxygens (including phenoxy) is 2. The van der Waals surface area contributed by atoms with E-state index in [1.54, 1.807) is 6.33 Å². The van der Waals surface area contributed by atoms with Crippen LogP contribution in [0.2, 0.25) is 0 Å². The van der Waals surface area contributed by atoms with Gasteiger partial charge >= 0.3 is 0 Å². The Hall–Kier alpha value is -1.36. The van der Waals surface area contributed by atoms with Crippen molar-refractivity contribution in [2.45, 2.75) is 58.8 Å². The van der Waals surface area contributed by atoms with Crippen LogP contribution in [-0.2, 0) is 4.74 Å². The first-order valence-electron chi connectivity index (χ1n) is 6.97. The second-order valence-electron chi connectivity index (χ2n) is 5.15. The average Bonchev–Trinajstić information content (AvgIpc) is 2.33. The van der Waals surface area contributed by atoms with Crippen LogP contribution in [0.3, 0.4) is 0 Å². The molecule has 2 rings (SSSR count). The molecule has 0 bridgehead atoms. The first kappa shape index (κ1) is 14.1. The summed E-state index contributed by atoms with van der Waals surface area (Å²) in [5, 5.41) is 3.22. The maximum atomic E-state index is 6.04. The van der Waals surface area contributed by atoms with Gasteiger partial charge in [-0.1, -0.05) is 0 Å². The summed E-state index contributed by atoms with van der Waals surface area (Å²) in [6.07, 6.45) is 4.01. The lowest BCUT2D eigenvalue weighted by Crippen LogP contribution is -2.36. The van der Waals surface area contributed by atoms with Crippen molar-refractivity contribution in [2.75, 3.05) is 11.9 Å². The first-order chi connectivity index (χ1) is 9.10. The Bertz CT molecular complexity index is 415. The van der Waals surface area contributed by atoms with E-state index in [0.29, 0.717) is 5.88 Å². The number of nitrogens with zero attached hydrogens (tertiary/aromatic N) is 2. The summed E-state index contributed by atoms with van der Waals surface area (Å²) < 4.78 is 11.8. The van der Waals surface area contributed by atoms with E-state index in [1.165, 1.54) is 0 Å². The van der Waals surface area contributed by atoms with Gasteiger partial charge in [-0.2, -0.15) is 0 Å². The predicted octanol–water partition coefficient (Wildman–Crippen LogP) is 2.55. The number of hydrogen-bond acceptors (Lipinski definition) is 5. The number of rotatable bonds is 4. The minimum absolute atomic E-state index is 0.168. The van der Waals surface area contributed by atoms with Crippen LogP contribution in [0.5, 0.6) is 5.88 Å². The van der Waals surface area contributed by atoms with Crippen molar-refractivity contribution >= 4 is 5.82 Å². The quantitative estimate of drug-likeness (QED) is 0.906. The maximum Gasteiger partial charge on any atom is 0.221 e. The zero-order valence-corrected chi connectivity index (χ0v) is 12.1. The zero-order valence-electron chi connectivity index (χ0n) is 12.1. The summed E-state index contributed by atoms with van der Waals surface area (Å²) >= 11 is 0. The highest BCUT2D eigenvalue weighted by atomic mass is 16.5. The molecule has 1 N–H and O–H groups in total. The molecule has 0 aromatic carbocycles. The Balaban J connectivity index is 2.08. The molecule has 0 amide bonds. The number of nitrogens with one attached hydrogen (secondary N) is 1. The van der Waals surface area contributed by atoms with E-state index in [9.17, 15) is 0 Å². The lowest BCUT2D eigenvalue weighted by molar-refractivity contribution is -0.0731. The van der Waals surface area contributed by atoms with Crippen LogP contribution < -0.4 is 10.1 Å². The van der Waals surface area contributed by atoms with Gasteiger partial charge in [0.1, 0.15) is 18.2 Å². The SMILES string of the molecule is CCNc1ncnc(OC2CC(C)OC(C)C2)c1C. The van der Waals surface area contributed by atoms with Crippen molar-refractivity contribution in [3.8, 4) is 5.88 Å². The van der Waals surface area contributed by atoms with Crippen LogP contribution in [0.25, 0.3) is 0 Å². The highest BCUT2D eigenvalue weighted by molar-refractivity contribution is 5.47. The molecule has 1 aromatic heterocycles. The number of hydrogen-bond donors (Lipinski definition) is 1. The van der Waals surface area contributed by atoms with Crippen LogP contribution in [0.1, 0.15) is 39.2 Å². The molecule has 0 radical (unpaired) electrons. The van der Waals surface area contributed by atoms with Gasteiger partial charge in [0.2, 0.25) is 5.88 Å². The predicted molar refractivity (Wildman–Crippen MR) is 74.6 cm³/mol. The molecular weight excluding hydrogens is 242 g/mol. The molecule has 0 aliphatic carbocycles. The van der Waals surface area contributed by atoms with E-state index in [2.05, 4.69) is 29.1 Å². The van der Waals surface area contributed by atoms with Gasteiger partial charge in [0, 0.05) is 19.4 Å². The van der Waals surface area contributed by atoms with Crippen LogP contribution in [0.4, 0.5) is 5.82 Å². The van der Waals surface area contributed by atoms with Crippen molar-refractivity contribution in [3.05, 3.63) is 11.9 Å². The second-order valence-corrected chi connectivity index (χ2v) is 5.15. The van der Waals surface area contributed by atoms with E-state index in [0.717, 1.165) is 30.8 Å². The van der Waals surface area contributed by atoms with Crippen LogP contribution in [0, 0.1) is 6.92 Å². The van der Waals surface area contributed by atoms with Crippen LogP contribution >= 0.6 is 0 Å². The fourth-order valence-electron chi connectivity index (χ4n) is 2.50. The molecule has 1 aliphatic rings. The van der Waals surface area contributed by atoms with E-state index in [4.69, 9.17) is 9.47 Å². The molecule has 0 saturated carbocycles. The van der Waals surface area contributed by atoms with E-state index in [-0.39, 0.29) is 18.3 Å². The highest BCUT2D eigenvalue weighted by Gasteiger charge is 2.26. The molecule has 1 saturated heterocycles. The molecular formula is C14H23N3O2. The smallest absolute Gasteiger partial charge is 0.221 e. The van der Waals surface area contributed by atoms with Crippen molar-refractivity contribution in [1.29, 1.82) is 0 Å². The summed E-state index contributed by atoms with van der Waals surface area (Å²) in [7, 11) is 0. The van der Waals surface area contributed by atoms with E-state index < -0.39 is 0 Å². The lowest BCUT2D eigenvalue weighted by Gasteiger charge is -2.32. The second kappa shape index (κ2) is 6.19. The third-order valence-corrected chi connectivity index (χ3v) is 3.31. The van der Waals surface area contributed by atoms with Gasteiger partial charge in [-0.15, -0.1) is 0 Å².